The van der Waals surface area contributed by atoms with Gasteiger partial charge in [-0.25, -0.2) is 4.98 Å². The molecule has 0 radical (unpaired) electrons. The van der Waals surface area contributed by atoms with Crippen LogP contribution in [0, 0.1) is 6.92 Å². The fraction of sp³-hybridized carbons (Fsp3) is 0.571. The van der Waals surface area contributed by atoms with Crippen LogP contribution in [0.3, 0.4) is 0 Å². The Morgan fingerprint density at radius 3 is 2.70 bits per heavy atom. The first-order valence-corrected chi connectivity index (χ1v) is 3.88. The van der Waals surface area contributed by atoms with E-state index in [0.717, 1.165) is 16.7 Å². The van der Waals surface area contributed by atoms with Gasteiger partial charge in [0.2, 0.25) is 0 Å². The quantitative estimate of drug-likeness (QED) is 0.629. The predicted molar refractivity (Wildman–Crippen MR) is 40.5 cm³/mol. The van der Waals surface area contributed by atoms with Crippen LogP contribution in [0.5, 0.6) is 0 Å². The number of nitrogens with zero attached hydrogens (tertiary/aromatic N) is 1. The highest BCUT2D eigenvalue weighted by Gasteiger charge is 2.28. The van der Waals surface area contributed by atoms with Gasteiger partial charge in [0.1, 0.15) is 10.8 Å². The highest BCUT2D eigenvalue weighted by Crippen LogP contribution is 2.40. The van der Waals surface area contributed by atoms with Gasteiger partial charge in [-0.1, -0.05) is 0 Å². The molecule has 0 atom stereocenters. The molecule has 0 saturated heterocycles. The van der Waals surface area contributed by atoms with Crippen molar-refractivity contribution in [2.75, 3.05) is 0 Å². The van der Waals surface area contributed by atoms with Crippen molar-refractivity contribution in [2.24, 2.45) is 0 Å². The zero-order valence-electron chi connectivity index (χ0n) is 5.79. The van der Waals surface area contributed by atoms with Gasteiger partial charge < -0.3 is 4.42 Å². The van der Waals surface area contributed by atoms with E-state index >= 15 is 0 Å². The van der Waals surface area contributed by atoms with Gasteiger partial charge in [0.25, 0.3) is 0 Å². The normalized spacial score (nSPS) is 17.8. The summed E-state index contributed by atoms with van der Waals surface area (Å²) < 4.78 is 5.35. The van der Waals surface area contributed by atoms with E-state index < -0.39 is 0 Å². The first-order valence-electron chi connectivity index (χ1n) is 3.43. The van der Waals surface area contributed by atoms with Gasteiger partial charge >= 0.3 is 0 Å². The van der Waals surface area contributed by atoms with Crippen molar-refractivity contribution in [3.8, 4) is 0 Å². The molecule has 3 heteroatoms. The third kappa shape index (κ3) is 0.944. The maximum Gasteiger partial charge on any atom is 0.198 e. The first kappa shape index (κ1) is 6.28. The number of aromatic nitrogens is 1. The number of aryl methyl sites for hydroxylation is 1. The summed E-state index contributed by atoms with van der Waals surface area (Å²) in [6.45, 7) is 1.89. The molecular weight excluding hydrogens is 146 g/mol. The standard InChI is InChI=1S/C7H9NOS/c1-4-7(10)8-6(9-4)5-2-3-5/h5,10H,2-3H2,1H3. The van der Waals surface area contributed by atoms with Gasteiger partial charge in [-0.05, 0) is 19.8 Å². The van der Waals surface area contributed by atoms with Crippen molar-refractivity contribution in [3.05, 3.63) is 11.7 Å². The highest BCUT2D eigenvalue weighted by molar-refractivity contribution is 7.80. The van der Waals surface area contributed by atoms with E-state index in [9.17, 15) is 0 Å². The predicted octanol–water partition coefficient (Wildman–Crippen LogP) is 2.15. The number of rotatable bonds is 1. The summed E-state index contributed by atoms with van der Waals surface area (Å²) in [7, 11) is 0. The van der Waals surface area contributed by atoms with Crippen LogP contribution in [0.25, 0.3) is 0 Å². The molecule has 1 fully saturated rings. The van der Waals surface area contributed by atoms with Crippen LogP contribution in [0.4, 0.5) is 0 Å². The zero-order valence-corrected chi connectivity index (χ0v) is 6.69. The molecule has 1 aromatic heterocycles. The number of oxazole rings is 1. The summed E-state index contributed by atoms with van der Waals surface area (Å²) in [6, 6.07) is 0. The summed E-state index contributed by atoms with van der Waals surface area (Å²) in [5.41, 5.74) is 0. The third-order valence-electron chi connectivity index (χ3n) is 1.72. The minimum Gasteiger partial charge on any atom is -0.444 e. The number of thiol groups is 1. The van der Waals surface area contributed by atoms with Crippen LogP contribution in [-0.4, -0.2) is 4.98 Å². The van der Waals surface area contributed by atoms with E-state index in [-0.39, 0.29) is 0 Å². The maximum atomic E-state index is 5.35. The van der Waals surface area contributed by atoms with Gasteiger partial charge in [-0.15, -0.1) is 12.6 Å². The van der Waals surface area contributed by atoms with E-state index in [1.807, 2.05) is 6.92 Å². The Balaban J connectivity index is 2.34. The Morgan fingerprint density at radius 2 is 2.30 bits per heavy atom. The minimum absolute atomic E-state index is 0.597. The molecule has 0 amide bonds. The Bertz CT molecular complexity index is 233. The molecule has 54 valence electrons. The molecule has 1 aliphatic rings. The second-order valence-electron chi connectivity index (χ2n) is 2.71. The molecular formula is C7H9NOS. The molecule has 1 heterocycles. The second kappa shape index (κ2) is 2.02. The summed E-state index contributed by atoms with van der Waals surface area (Å²) in [5.74, 6) is 2.31. The van der Waals surface area contributed by atoms with Crippen LogP contribution in [0.1, 0.15) is 30.4 Å². The average Bonchev–Trinajstić information content (AvgIpc) is 2.64. The summed E-state index contributed by atoms with van der Waals surface area (Å²) in [6.07, 6.45) is 2.46. The van der Waals surface area contributed by atoms with Crippen molar-refractivity contribution in [1.82, 2.24) is 4.98 Å². The van der Waals surface area contributed by atoms with E-state index in [0.29, 0.717) is 5.92 Å². The van der Waals surface area contributed by atoms with E-state index in [1.54, 1.807) is 0 Å². The van der Waals surface area contributed by atoms with E-state index in [2.05, 4.69) is 17.6 Å². The van der Waals surface area contributed by atoms with Crippen molar-refractivity contribution < 1.29 is 4.42 Å². The van der Waals surface area contributed by atoms with Gasteiger partial charge in [0, 0.05) is 5.92 Å². The molecule has 1 aliphatic carbocycles. The van der Waals surface area contributed by atoms with Crippen molar-refractivity contribution in [1.29, 1.82) is 0 Å². The lowest BCUT2D eigenvalue weighted by molar-refractivity contribution is 0.471. The fourth-order valence-electron chi connectivity index (χ4n) is 0.913. The van der Waals surface area contributed by atoms with Crippen LogP contribution >= 0.6 is 12.6 Å². The topological polar surface area (TPSA) is 26.0 Å². The van der Waals surface area contributed by atoms with Crippen molar-refractivity contribution in [3.63, 3.8) is 0 Å². The molecule has 10 heavy (non-hydrogen) atoms. The molecule has 1 saturated carbocycles. The second-order valence-corrected chi connectivity index (χ2v) is 3.13. The third-order valence-corrected chi connectivity index (χ3v) is 2.13. The summed E-state index contributed by atoms with van der Waals surface area (Å²) in [4.78, 5) is 4.17. The van der Waals surface area contributed by atoms with Crippen molar-refractivity contribution >= 4 is 12.6 Å². The Morgan fingerprint density at radius 1 is 1.60 bits per heavy atom. The summed E-state index contributed by atoms with van der Waals surface area (Å²) >= 11 is 4.14. The zero-order chi connectivity index (χ0) is 7.14. The molecule has 1 aromatic rings. The van der Waals surface area contributed by atoms with E-state index in [4.69, 9.17) is 4.42 Å². The monoisotopic (exact) mass is 155 g/mol. The Hall–Kier alpha value is -0.440. The molecule has 0 aliphatic heterocycles. The molecule has 0 aromatic carbocycles. The maximum absolute atomic E-state index is 5.35. The van der Waals surface area contributed by atoms with Crippen molar-refractivity contribution in [2.45, 2.75) is 30.7 Å². The summed E-state index contributed by atoms with van der Waals surface area (Å²) in [5, 5.41) is 0.738. The molecule has 0 bridgehead atoms. The number of hydrogen-bond donors (Lipinski definition) is 1. The van der Waals surface area contributed by atoms with Gasteiger partial charge in [-0.2, -0.15) is 0 Å². The average molecular weight is 155 g/mol. The smallest absolute Gasteiger partial charge is 0.198 e. The lowest BCUT2D eigenvalue weighted by atomic mass is 10.4. The Kier molecular flexibility index (Phi) is 1.27. The van der Waals surface area contributed by atoms with Crippen LogP contribution in [0.15, 0.2) is 9.44 Å². The highest BCUT2D eigenvalue weighted by atomic mass is 32.1. The lowest BCUT2D eigenvalue weighted by Crippen LogP contribution is -1.74. The Labute approximate surface area is 65.1 Å². The van der Waals surface area contributed by atoms with Crippen LogP contribution < -0.4 is 0 Å². The minimum atomic E-state index is 0.597. The van der Waals surface area contributed by atoms with Crippen LogP contribution in [0.2, 0.25) is 0 Å². The van der Waals surface area contributed by atoms with Crippen LogP contribution in [-0.2, 0) is 0 Å². The fourth-order valence-corrected chi connectivity index (χ4v) is 1.06. The molecule has 2 nitrogen and oxygen atoms in total. The first-order chi connectivity index (χ1) is 4.77. The molecule has 0 spiro atoms. The SMILES string of the molecule is Cc1oc(C2CC2)nc1S. The largest absolute Gasteiger partial charge is 0.444 e. The molecule has 2 rings (SSSR count). The van der Waals surface area contributed by atoms with Gasteiger partial charge in [0.05, 0.1) is 0 Å². The van der Waals surface area contributed by atoms with Gasteiger partial charge in [0.15, 0.2) is 5.89 Å². The number of hydrogen-bond acceptors (Lipinski definition) is 3. The van der Waals surface area contributed by atoms with E-state index in [1.165, 1.54) is 12.8 Å². The van der Waals surface area contributed by atoms with Gasteiger partial charge in [-0.3, -0.25) is 0 Å². The molecule has 0 N–H and O–H groups in total. The molecule has 0 unspecified atom stereocenters. The lowest BCUT2D eigenvalue weighted by Gasteiger charge is -1.82.